The highest BCUT2D eigenvalue weighted by Crippen LogP contribution is 2.15. The summed E-state index contributed by atoms with van der Waals surface area (Å²) in [6.07, 6.45) is 6.67. The van der Waals surface area contributed by atoms with Gasteiger partial charge in [-0.1, -0.05) is 12.1 Å². The summed E-state index contributed by atoms with van der Waals surface area (Å²) in [6.45, 7) is 5.26. The molecule has 2 aromatic heterocycles. The van der Waals surface area contributed by atoms with Gasteiger partial charge < -0.3 is 10.1 Å². The average Bonchev–Trinajstić information content (AvgIpc) is 3.04. The number of carbonyl (C=O) groups excluding carboxylic acids is 1. The van der Waals surface area contributed by atoms with Gasteiger partial charge in [-0.25, -0.2) is 4.98 Å². The van der Waals surface area contributed by atoms with Gasteiger partial charge in [0.15, 0.2) is 0 Å². The van der Waals surface area contributed by atoms with E-state index in [2.05, 4.69) is 20.2 Å². The number of nitrogens with zero attached hydrogens (tertiary/aromatic N) is 3. The Hall–Kier alpha value is -2.47. The second-order valence-electron chi connectivity index (χ2n) is 6.26. The zero-order valence-electron chi connectivity index (χ0n) is 14.5. The molecule has 0 unspecified atom stereocenters. The average molecular weight is 340 g/mol. The van der Waals surface area contributed by atoms with Gasteiger partial charge in [0.2, 0.25) is 11.8 Å². The normalized spacial score (nSPS) is 17.4. The summed E-state index contributed by atoms with van der Waals surface area (Å²) in [5.41, 5.74) is 2.10. The number of hydrogen-bond acceptors (Lipinski definition) is 5. The molecule has 0 bridgehead atoms. The molecule has 1 aliphatic heterocycles. The molecule has 1 aliphatic rings. The van der Waals surface area contributed by atoms with Gasteiger partial charge >= 0.3 is 0 Å². The Bertz CT molecular complexity index is 676. The maximum Gasteiger partial charge on any atom is 0.224 e. The van der Waals surface area contributed by atoms with Gasteiger partial charge in [-0.15, -0.1) is 0 Å². The van der Waals surface area contributed by atoms with E-state index in [9.17, 15) is 4.79 Å². The maximum atomic E-state index is 12.2. The minimum Gasteiger partial charge on any atom is -0.478 e. The number of aromatic nitrogens is 2. The fourth-order valence-electron chi connectivity index (χ4n) is 3.06. The number of carbonyl (C=O) groups is 1. The van der Waals surface area contributed by atoms with Crippen LogP contribution in [0.2, 0.25) is 0 Å². The smallest absolute Gasteiger partial charge is 0.224 e. The van der Waals surface area contributed by atoms with Crippen LogP contribution < -0.4 is 10.1 Å². The number of hydrogen-bond donors (Lipinski definition) is 1. The Morgan fingerprint density at radius 2 is 2.24 bits per heavy atom. The van der Waals surface area contributed by atoms with Crippen LogP contribution in [0.5, 0.6) is 5.88 Å². The standard InChI is InChI=1S/C19H24N4O2/c1-2-25-19-6-5-16(12-21-19)13-23-9-7-17(14-23)22-18(24)10-15-4-3-8-20-11-15/h3-6,8,11-12,17H,2,7,9-10,13-14H2,1H3,(H,22,24)/t17-/m0/s1. The van der Waals surface area contributed by atoms with Crippen molar-refractivity contribution in [1.29, 1.82) is 0 Å². The first kappa shape index (κ1) is 17.4. The molecular weight excluding hydrogens is 316 g/mol. The third kappa shape index (κ3) is 5.26. The lowest BCUT2D eigenvalue weighted by molar-refractivity contribution is -0.121. The van der Waals surface area contributed by atoms with Crippen molar-refractivity contribution in [3.8, 4) is 5.88 Å². The largest absolute Gasteiger partial charge is 0.478 e. The molecule has 0 aromatic carbocycles. The highest BCUT2D eigenvalue weighted by Gasteiger charge is 2.23. The first-order valence-corrected chi connectivity index (χ1v) is 8.71. The second kappa shape index (κ2) is 8.58. The van der Waals surface area contributed by atoms with Crippen molar-refractivity contribution in [2.75, 3.05) is 19.7 Å². The van der Waals surface area contributed by atoms with Crippen LogP contribution in [-0.2, 0) is 17.8 Å². The predicted molar refractivity (Wildman–Crippen MR) is 95.2 cm³/mol. The first-order chi connectivity index (χ1) is 12.2. The number of ether oxygens (including phenoxy) is 1. The van der Waals surface area contributed by atoms with E-state index >= 15 is 0 Å². The molecule has 0 saturated carbocycles. The fraction of sp³-hybridized carbons (Fsp3) is 0.421. The Morgan fingerprint density at radius 3 is 2.96 bits per heavy atom. The zero-order chi connectivity index (χ0) is 17.5. The van der Waals surface area contributed by atoms with Crippen LogP contribution in [0.1, 0.15) is 24.5 Å². The fourth-order valence-corrected chi connectivity index (χ4v) is 3.06. The Morgan fingerprint density at radius 1 is 1.32 bits per heavy atom. The molecule has 3 rings (SSSR count). The van der Waals surface area contributed by atoms with Gasteiger partial charge in [-0.2, -0.15) is 0 Å². The van der Waals surface area contributed by atoms with Crippen LogP contribution in [0.4, 0.5) is 0 Å². The van der Waals surface area contributed by atoms with Crippen LogP contribution >= 0.6 is 0 Å². The Balaban J connectivity index is 1.44. The molecule has 0 aliphatic carbocycles. The third-order valence-corrected chi connectivity index (χ3v) is 4.22. The number of amides is 1. The van der Waals surface area contributed by atoms with Crippen molar-refractivity contribution >= 4 is 5.91 Å². The van der Waals surface area contributed by atoms with Crippen molar-refractivity contribution in [2.24, 2.45) is 0 Å². The van der Waals surface area contributed by atoms with Gasteiger partial charge in [0.1, 0.15) is 0 Å². The molecule has 3 heterocycles. The van der Waals surface area contributed by atoms with E-state index in [0.29, 0.717) is 18.9 Å². The van der Waals surface area contributed by atoms with Crippen molar-refractivity contribution in [3.63, 3.8) is 0 Å². The molecule has 0 radical (unpaired) electrons. The molecule has 1 N–H and O–H groups in total. The van der Waals surface area contributed by atoms with Crippen LogP contribution in [-0.4, -0.2) is 46.5 Å². The summed E-state index contributed by atoms with van der Waals surface area (Å²) in [5, 5.41) is 3.12. The van der Waals surface area contributed by atoms with Gasteiger partial charge in [-0.05, 0) is 30.5 Å². The molecule has 0 spiro atoms. The second-order valence-corrected chi connectivity index (χ2v) is 6.26. The number of likely N-dealkylation sites (tertiary alicyclic amines) is 1. The molecule has 1 saturated heterocycles. The highest BCUT2D eigenvalue weighted by molar-refractivity contribution is 5.78. The van der Waals surface area contributed by atoms with E-state index in [1.807, 2.05) is 37.4 Å². The molecule has 25 heavy (non-hydrogen) atoms. The summed E-state index contributed by atoms with van der Waals surface area (Å²) >= 11 is 0. The van der Waals surface area contributed by atoms with E-state index in [1.165, 1.54) is 0 Å². The topological polar surface area (TPSA) is 67.3 Å². The molecule has 2 aromatic rings. The lowest BCUT2D eigenvalue weighted by atomic mass is 10.2. The number of pyridine rings is 2. The van der Waals surface area contributed by atoms with Crippen LogP contribution in [0, 0.1) is 0 Å². The molecule has 132 valence electrons. The molecule has 1 atom stereocenters. The molecular formula is C19H24N4O2. The van der Waals surface area contributed by atoms with Crippen LogP contribution in [0.15, 0.2) is 42.9 Å². The number of rotatable bonds is 7. The van der Waals surface area contributed by atoms with Crippen molar-refractivity contribution in [3.05, 3.63) is 54.0 Å². The number of nitrogens with one attached hydrogen (secondary N) is 1. The molecule has 6 heteroatoms. The summed E-state index contributed by atoms with van der Waals surface area (Å²) < 4.78 is 5.36. The van der Waals surface area contributed by atoms with E-state index in [1.54, 1.807) is 12.4 Å². The monoisotopic (exact) mass is 340 g/mol. The van der Waals surface area contributed by atoms with Gasteiger partial charge in [0, 0.05) is 50.3 Å². The van der Waals surface area contributed by atoms with Gasteiger partial charge in [-0.3, -0.25) is 14.7 Å². The van der Waals surface area contributed by atoms with E-state index in [-0.39, 0.29) is 11.9 Å². The SMILES string of the molecule is CCOc1ccc(CN2CC[C@H](NC(=O)Cc3cccnc3)C2)cn1. The van der Waals surface area contributed by atoms with Crippen molar-refractivity contribution in [2.45, 2.75) is 32.4 Å². The lowest BCUT2D eigenvalue weighted by Gasteiger charge is -2.17. The first-order valence-electron chi connectivity index (χ1n) is 8.71. The lowest BCUT2D eigenvalue weighted by Crippen LogP contribution is -2.37. The zero-order valence-corrected chi connectivity index (χ0v) is 14.5. The van der Waals surface area contributed by atoms with Crippen molar-refractivity contribution < 1.29 is 9.53 Å². The summed E-state index contributed by atoms with van der Waals surface area (Å²) in [4.78, 5) is 22.8. The molecule has 6 nitrogen and oxygen atoms in total. The maximum absolute atomic E-state index is 12.2. The minimum atomic E-state index is 0.0579. The van der Waals surface area contributed by atoms with Gasteiger partial charge in [0.05, 0.1) is 13.0 Å². The van der Waals surface area contributed by atoms with Crippen LogP contribution in [0.3, 0.4) is 0 Å². The molecule has 1 fully saturated rings. The van der Waals surface area contributed by atoms with E-state index in [4.69, 9.17) is 4.74 Å². The summed E-state index contributed by atoms with van der Waals surface area (Å²) in [6, 6.07) is 7.94. The van der Waals surface area contributed by atoms with E-state index in [0.717, 1.165) is 37.2 Å². The molecule has 1 amide bonds. The van der Waals surface area contributed by atoms with Gasteiger partial charge in [0.25, 0.3) is 0 Å². The highest BCUT2D eigenvalue weighted by atomic mass is 16.5. The van der Waals surface area contributed by atoms with Crippen molar-refractivity contribution in [1.82, 2.24) is 20.2 Å². The third-order valence-electron chi connectivity index (χ3n) is 4.22. The quantitative estimate of drug-likeness (QED) is 0.833. The summed E-state index contributed by atoms with van der Waals surface area (Å²) in [5.74, 6) is 0.718. The Labute approximate surface area is 148 Å². The minimum absolute atomic E-state index is 0.0579. The Kier molecular flexibility index (Phi) is 5.95. The summed E-state index contributed by atoms with van der Waals surface area (Å²) in [7, 11) is 0. The predicted octanol–water partition coefficient (Wildman–Crippen LogP) is 1.81. The van der Waals surface area contributed by atoms with Crippen LogP contribution in [0.25, 0.3) is 0 Å². The van der Waals surface area contributed by atoms with E-state index < -0.39 is 0 Å².